The maximum absolute atomic E-state index is 12.1. The number of nitrogens with zero attached hydrogens (tertiary/aromatic N) is 1. The maximum Gasteiger partial charge on any atom is 0.212 e. The van der Waals surface area contributed by atoms with Crippen molar-refractivity contribution in [1.82, 2.24) is 10.3 Å². The van der Waals surface area contributed by atoms with Crippen LogP contribution in [0.4, 0.5) is 10.2 Å². The van der Waals surface area contributed by atoms with Crippen LogP contribution in [0.2, 0.25) is 0 Å². The minimum Gasteiger partial charge on any atom is -0.317 e. The highest BCUT2D eigenvalue weighted by Gasteiger charge is 1.93. The second kappa shape index (κ2) is 6.89. The van der Waals surface area contributed by atoms with Gasteiger partial charge in [0.15, 0.2) is 0 Å². The molecule has 0 unspecified atom stereocenters. The molecule has 1 amide bonds. The number of carbonyl (C=O) groups is 1. The van der Waals surface area contributed by atoms with E-state index in [1.165, 1.54) is 38.1 Å². The summed E-state index contributed by atoms with van der Waals surface area (Å²) in [6.45, 7) is 2.50. The van der Waals surface area contributed by atoms with E-state index in [0.29, 0.717) is 12.2 Å². The Morgan fingerprint density at radius 1 is 1.40 bits per heavy atom. The van der Waals surface area contributed by atoms with Crippen LogP contribution in [0, 0.1) is 5.82 Å². The summed E-state index contributed by atoms with van der Waals surface area (Å²) in [5, 5.41) is 5.50. The zero-order valence-electron chi connectivity index (χ0n) is 8.37. The van der Waals surface area contributed by atoms with Gasteiger partial charge in [-0.1, -0.05) is 0 Å². The van der Waals surface area contributed by atoms with Crippen LogP contribution in [0.25, 0.3) is 0 Å². The minimum atomic E-state index is -0.420. The lowest BCUT2D eigenvalue weighted by Crippen LogP contribution is -2.03. The molecule has 0 saturated carbocycles. The first kappa shape index (κ1) is 11.6. The summed E-state index contributed by atoms with van der Waals surface area (Å²) in [4.78, 5) is 13.4. The van der Waals surface area contributed by atoms with Gasteiger partial charge in [0.05, 0.1) is 6.20 Å². The second-order valence-electron chi connectivity index (χ2n) is 3.08. The van der Waals surface area contributed by atoms with Crippen LogP contribution in [0.15, 0.2) is 18.3 Å². The van der Waals surface area contributed by atoms with E-state index in [-0.39, 0.29) is 0 Å². The number of amides is 1. The average Bonchev–Trinajstić information content (AvgIpc) is 2.80. The van der Waals surface area contributed by atoms with E-state index in [9.17, 15) is 9.18 Å². The highest BCUT2D eigenvalue weighted by molar-refractivity contribution is 5.68. The van der Waals surface area contributed by atoms with Crippen LogP contribution >= 0.6 is 0 Å². The standard InChI is InChI=1S/C6H5FN2O.C4H9N/c7-5-1-2-6(8-3-5)9-4-10;1-2-4-5-3-1/h1-4H,(H,8,9,10);5H,1-4H2. The Morgan fingerprint density at radius 2 is 2.13 bits per heavy atom. The number of carbonyl (C=O) groups excluding carboxylic acids is 1. The Morgan fingerprint density at radius 3 is 2.53 bits per heavy atom. The number of anilines is 1. The first-order chi connectivity index (χ1) is 7.33. The molecule has 82 valence electrons. The van der Waals surface area contributed by atoms with Crippen molar-refractivity contribution in [2.75, 3.05) is 18.4 Å². The molecule has 1 aromatic rings. The summed E-state index contributed by atoms with van der Waals surface area (Å²) in [5.74, 6) is -0.0761. The molecule has 1 aliphatic rings. The fourth-order valence-corrected chi connectivity index (χ4v) is 1.15. The summed E-state index contributed by atoms with van der Waals surface area (Å²) in [6, 6.07) is 2.60. The third-order valence-corrected chi connectivity index (χ3v) is 1.89. The highest BCUT2D eigenvalue weighted by atomic mass is 19.1. The van der Waals surface area contributed by atoms with Crippen molar-refractivity contribution in [3.05, 3.63) is 24.1 Å². The number of nitrogens with one attached hydrogen (secondary N) is 2. The Kier molecular flexibility index (Phi) is 5.32. The van der Waals surface area contributed by atoms with Crippen molar-refractivity contribution >= 4 is 12.2 Å². The highest BCUT2D eigenvalue weighted by Crippen LogP contribution is 2.00. The molecule has 0 aromatic carbocycles. The molecule has 2 heterocycles. The van der Waals surface area contributed by atoms with Gasteiger partial charge in [-0.15, -0.1) is 0 Å². The van der Waals surface area contributed by atoms with Gasteiger partial charge < -0.3 is 10.6 Å². The van der Waals surface area contributed by atoms with Gasteiger partial charge in [0.1, 0.15) is 11.6 Å². The van der Waals surface area contributed by atoms with Crippen molar-refractivity contribution in [3.63, 3.8) is 0 Å². The van der Waals surface area contributed by atoms with Crippen LogP contribution in [-0.4, -0.2) is 24.5 Å². The zero-order valence-corrected chi connectivity index (χ0v) is 8.37. The lowest BCUT2D eigenvalue weighted by atomic mass is 10.4. The molecular formula is C10H14FN3O. The monoisotopic (exact) mass is 211 g/mol. The van der Waals surface area contributed by atoms with Crippen molar-refractivity contribution in [3.8, 4) is 0 Å². The van der Waals surface area contributed by atoms with Crippen molar-refractivity contribution < 1.29 is 9.18 Å². The third kappa shape index (κ3) is 5.07. The number of aromatic nitrogens is 1. The number of hydrogen-bond donors (Lipinski definition) is 2. The maximum atomic E-state index is 12.1. The third-order valence-electron chi connectivity index (χ3n) is 1.89. The smallest absolute Gasteiger partial charge is 0.212 e. The number of hydrogen-bond acceptors (Lipinski definition) is 3. The van der Waals surface area contributed by atoms with Crippen LogP contribution in [-0.2, 0) is 4.79 Å². The Bertz CT molecular complexity index is 278. The summed E-state index contributed by atoms with van der Waals surface area (Å²) in [7, 11) is 0. The van der Waals surface area contributed by atoms with Crippen molar-refractivity contribution in [2.24, 2.45) is 0 Å². The molecule has 4 nitrogen and oxygen atoms in total. The summed E-state index contributed by atoms with van der Waals surface area (Å²) >= 11 is 0. The van der Waals surface area contributed by atoms with Crippen molar-refractivity contribution in [2.45, 2.75) is 12.8 Å². The fourth-order valence-electron chi connectivity index (χ4n) is 1.15. The molecule has 0 spiro atoms. The molecule has 1 saturated heterocycles. The SMILES string of the molecule is C1CCNC1.O=CNc1ccc(F)cn1. The van der Waals surface area contributed by atoms with Crippen LogP contribution < -0.4 is 10.6 Å². The largest absolute Gasteiger partial charge is 0.317 e. The van der Waals surface area contributed by atoms with Crippen LogP contribution in [0.5, 0.6) is 0 Å². The fraction of sp³-hybridized carbons (Fsp3) is 0.400. The van der Waals surface area contributed by atoms with E-state index in [2.05, 4.69) is 15.6 Å². The molecule has 2 rings (SSSR count). The predicted octanol–water partition coefficient (Wildman–Crippen LogP) is 1.16. The molecule has 0 aliphatic carbocycles. The van der Waals surface area contributed by atoms with Gasteiger partial charge in [0.2, 0.25) is 6.41 Å². The summed E-state index contributed by atoms with van der Waals surface area (Å²) in [5.41, 5.74) is 0. The average molecular weight is 211 g/mol. The molecule has 5 heteroatoms. The van der Waals surface area contributed by atoms with Gasteiger partial charge in [0, 0.05) is 0 Å². The topological polar surface area (TPSA) is 54.0 Å². The molecule has 1 fully saturated rings. The molecule has 0 radical (unpaired) electrons. The van der Waals surface area contributed by atoms with Gasteiger partial charge in [-0.05, 0) is 38.1 Å². The molecule has 1 aliphatic heterocycles. The number of pyridine rings is 1. The van der Waals surface area contributed by atoms with E-state index in [4.69, 9.17) is 0 Å². The van der Waals surface area contributed by atoms with Gasteiger partial charge in [0.25, 0.3) is 0 Å². The summed E-state index contributed by atoms with van der Waals surface area (Å²) in [6.07, 6.45) is 4.30. The van der Waals surface area contributed by atoms with Gasteiger partial charge in [-0.2, -0.15) is 0 Å². The van der Waals surface area contributed by atoms with Gasteiger partial charge >= 0.3 is 0 Å². The molecule has 1 aromatic heterocycles. The van der Waals surface area contributed by atoms with Crippen LogP contribution in [0.1, 0.15) is 12.8 Å². The van der Waals surface area contributed by atoms with Crippen LogP contribution in [0.3, 0.4) is 0 Å². The predicted molar refractivity (Wildman–Crippen MR) is 56.0 cm³/mol. The first-order valence-corrected chi connectivity index (χ1v) is 4.85. The van der Waals surface area contributed by atoms with Gasteiger partial charge in [-0.25, -0.2) is 9.37 Å². The Labute approximate surface area is 87.9 Å². The first-order valence-electron chi connectivity index (χ1n) is 4.85. The number of rotatable bonds is 2. The lowest BCUT2D eigenvalue weighted by molar-refractivity contribution is -0.105. The molecule has 2 N–H and O–H groups in total. The molecule has 0 atom stereocenters. The zero-order chi connectivity index (χ0) is 10.9. The lowest BCUT2D eigenvalue weighted by Gasteiger charge is -1.93. The van der Waals surface area contributed by atoms with E-state index < -0.39 is 5.82 Å². The van der Waals surface area contributed by atoms with E-state index in [0.717, 1.165) is 6.20 Å². The minimum absolute atomic E-state index is 0.344. The second-order valence-corrected chi connectivity index (χ2v) is 3.08. The Balaban J connectivity index is 0.000000187. The normalized spacial score (nSPS) is 13.9. The quantitative estimate of drug-likeness (QED) is 0.722. The Hall–Kier alpha value is -1.49. The summed E-state index contributed by atoms with van der Waals surface area (Å²) < 4.78 is 12.1. The number of halogens is 1. The van der Waals surface area contributed by atoms with E-state index in [1.54, 1.807) is 0 Å². The van der Waals surface area contributed by atoms with Gasteiger partial charge in [-0.3, -0.25) is 4.79 Å². The van der Waals surface area contributed by atoms with E-state index in [1.807, 2.05) is 0 Å². The van der Waals surface area contributed by atoms with E-state index >= 15 is 0 Å². The molecule has 0 bridgehead atoms. The molecule has 15 heavy (non-hydrogen) atoms. The molecular weight excluding hydrogens is 197 g/mol. The van der Waals surface area contributed by atoms with Crippen molar-refractivity contribution in [1.29, 1.82) is 0 Å².